The van der Waals surface area contributed by atoms with Gasteiger partial charge in [0.25, 0.3) is 5.91 Å². The molecule has 0 atom stereocenters. The molecule has 0 radical (unpaired) electrons. The predicted molar refractivity (Wildman–Crippen MR) is 106 cm³/mol. The van der Waals surface area contributed by atoms with Gasteiger partial charge in [-0.2, -0.15) is 4.31 Å². The molecule has 1 aliphatic heterocycles. The van der Waals surface area contributed by atoms with Crippen LogP contribution in [0.2, 0.25) is 0 Å². The second-order valence-corrected chi connectivity index (χ2v) is 8.79. The highest BCUT2D eigenvalue weighted by Gasteiger charge is 2.27. The van der Waals surface area contributed by atoms with E-state index in [1.54, 1.807) is 29.2 Å². The molecule has 1 heterocycles. The summed E-state index contributed by atoms with van der Waals surface area (Å²) in [5, 5.41) is 0. The van der Waals surface area contributed by atoms with Crippen molar-refractivity contribution in [3.63, 3.8) is 0 Å². The Labute approximate surface area is 161 Å². The smallest absolute Gasteiger partial charge is 0.254 e. The van der Waals surface area contributed by atoms with Gasteiger partial charge >= 0.3 is 0 Å². The van der Waals surface area contributed by atoms with Crippen LogP contribution in [0, 0.1) is 0 Å². The molecule has 0 spiro atoms. The molecule has 6 heteroatoms. The average molecular weight is 387 g/mol. The summed E-state index contributed by atoms with van der Waals surface area (Å²) in [6.07, 6.45) is 2.67. The van der Waals surface area contributed by atoms with Crippen LogP contribution in [-0.4, -0.2) is 43.2 Å². The lowest BCUT2D eigenvalue weighted by Crippen LogP contribution is -2.31. The zero-order valence-electron chi connectivity index (χ0n) is 15.7. The van der Waals surface area contributed by atoms with E-state index in [2.05, 4.69) is 0 Å². The van der Waals surface area contributed by atoms with Crippen molar-refractivity contribution in [3.8, 4) is 0 Å². The molecule has 1 aliphatic rings. The molecule has 0 N–H and O–H groups in total. The summed E-state index contributed by atoms with van der Waals surface area (Å²) in [6, 6.07) is 16.2. The van der Waals surface area contributed by atoms with Gasteiger partial charge in [-0.1, -0.05) is 37.3 Å². The van der Waals surface area contributed by atoms with E-state index >= 15 is 0 Å². The molecule has 27 heavy (non-hydrogen) atoms. The summed E-state index contributed by atoms with van der Waals surface area (Å²) in [6.45, 7) is 4.38. The van der Waals surface area contributed by atoms with Crippen molar-refractivity contribution in [1.29, 1.82) is 0 Å². The first-order valence-corrected chi connectivity index (χ1v) is 10.9. The zero-order valence-corrected chi connectivity index (χ0v) is 16.5. The molecule has 144 valence electrons. The second kappa shape index (κ2) is 8.67. The minimum Gasteiger partial charge on any atom is -0.334 e. The average Bonchev–Trinajstić information content (AvgIpc) is 3.24. The van der Waals surface area contributed by atoms with E-state index < -0.39 is 10.0 Å². The lowest BCUT2D eigenvalue weighted by atomic mass is 10.1. The quantitative estimate of drug-likeness (QED) is 0.731. The van der Waals surface area contributed by atoms with Crippen LogP contribution in [0.4, 0.5) is 0 Å². The van der Waals surface area contributed by atoms with Crippen LogP contribution in [0.15, 0.2) is 59.5 Å². The minimum atomic E-state index is -3.45. The van der Waals surface area contributed by atoms with Gasteiger partial charge in [-0.25, -0.2) is 8.42 Å². The summed E-state index contributed by atoms with van der Waals surface area (Å²) in [5.74, 6) is -0.0779. The number of nitrogens with zero attached hydrogens (tertiary/aromatic N) is 2. The monoisotopic (exact) mass is 386 g/mol. The van der Waals surface area contributed by atoms with Crippen molar-refractivity contribution in [3.05, 3.63) is 65.7 Å². The SMILES string of the molecule is CCCN(Cc1ccccc1)C(=O)c1ccc(S(=O)(=O)N2CCCC2)cc1. The standard InChI is InChI=1S/C21H26N2O3S/c1-2-14-22(17-18-8-4-3-5-9-18)21(24)19-10-12-20(13-11-19)27(25,26)23-15-6-7-16-23/h3-5,8-13H,2,6-7,14-17H2,1H3. The van der Waals surface area contributed by atoms with Crippen LogP contribution in [0.3, 0.4) is 0 Å². The van der Waals surface area contributed by atoms with Gasteiger partial charge in [-0.15, -0.1) is 0 Å². The van der Waals surface area contributed by atoms with E-state index in [0.717, 1.165) is 24.8 Å². The second-order valence-electron chi connectivity index (χ2n) is 6.85. The highest BCUT2D eigenvalue weighted by molar-refractivity contribution is 7.89. The molecule has 1 saturated heterocycles. The Morgan fingerprint density at radius 1 is 1.00 bits per heavy atom. The normalized spacial score (nSPS) is 15.0. The Bertz CT molecular complexity index is 858. The zero-order chi connectivity index (χ0) is 19.3. The summed E-state index contributed by atoms with van der Waals surface area (Å²) in [4.78, 5) is 15.0. The van der Waals surface area contributed by atoms with Crippen molar-refractivity contribution < 1.29 is 13.2 Å². The highest BCUT2D eigenvalue weighted by atomic mass is 32.2. The van der Waals surface area contributed by atoms with Crippen molar-refractivity contribution in [2.45, 2.75) is 37.6 Å². The van der Waals surface area contributed by atoms with Gasteiger partial charge < -0.3 is 4.90 Å². The molecule has 2 aromatic rings. The molecule has 3 rings (SSSR count). The number of hydrogen-bond donors (Lipinski definition) is 0. The Morgan fingerprint density at radius 3 is 2.22 bits per heavy atom. The van der Waals surface area contributed by atoms with E-state index in [-0.39, 0.29) is 10.8 Å². The summed E-state index contributed by atoms with van der Waals surface area (Å²) < 4.78 is 26.8. The number of carbonyl (C=O) groups excluding carboxylic acids is 1. The van der Waals surface area contributed by atoms with Crippen molar-refractivity contribution in [2.75, 3.05) is 19.6 Å². The van der Waals surface area contributed by atoms with E-state index in [9.17, 15) is 13.2 Å². The fourth-order valence-corrected chi connectivity index (χ4v) is 4.87. The van der Waals surface area contributed by atoms with Crippen LogP contribution >= 0.6 is 0 Å². The summed E-state index contributed by atoms with van der Waals surface area (Å²) >= 11 is 0. The highest BCUT2D eigenvalue weighted by Crippen LogP contribution is 2.21. The lowest BCUT2D eigenvalue weighted by Gasteiger charge is -2.22. The fourth-order valence-electron chi connectivity index (χ4n) is 3.36. The van der Waals surface area contributed by atoms with Crippen molar-refractivity contribution >= 4 is 15.9 Å². The number of sulfonamides is 1. The van der Waals surface area contributed by atoms with E-state index in [1.165, 1.54) is 4.31 Å². The molecular weight excluding hydrogens is 360 g/mol. The van der Waals surface area contributed by atoms with Gasteiger partial charge in [-0.3, -0.25) is 4.79 Å². The molecule has 0 bridgehead atoms. The molecule has 0 aliphatic carbocycles. The molecule has 5 nitrogen and oxygen atoms in total. The first-order valence-electron chi connectivity index (χ1n) is 9.46. The largest absolute Gasteiger partial charge is 0.334 e. The van der Waals surface area contributed by atoms with Crippen LogP contribution < -0.4 is 0 Å². The maximum Gasteiger partial charge on any atom is 0.254 e. The topological polar surface area (TPSA) is 57.7 Å². The third-order valence-corrected chi connectivity index (χ3v) is 6.71. The van der Waals surface area contributed by atoms with Gasteiger partial charge in [0, 0.05) is 31.7 Å². The first-order chi connectivity index (χ1) is 13.0. The lowest BCUT2D eigenvalue weighted by molar-refractivity contribution is 0.0743. The minimum absolute atomic E-state index is 0.0779. The summed E-state index contributed by atoms with van der Waals surface area (Å²) in [5.41, 5.74) is 1.59. The number of amides is 1. The van der Waals surface area contributed by atoms with E-state index in [0.29, 0.717) is 31.7 Å². The third kappa shape index (κ3) is 4.57. The van der Waals surface area contributed by atoms with E-state index in [1.807, 2.05) is 37.3 Å². The predicted octanol–water partition coefficient (Wildman–Crippen LogP) is 3.52. The number of benzene rings is 2. The van der Waals surface area contributed by atoms with Crippen molar-refractivity contribution in [2.24, 2.45) is 0 Å². The molecule has 0 aromatic heterocycles. The molecule has 2 aromatic carbocycles. The van der Waals surface area contributed by atoms with Crippen molar-refractivity contribution in [1.82, 2.24) is 9.21 Å². The first kappa shape index (κ1) is 19.6. The number of hydrogen-bond acceptors (Lipinski definition) is 3. The van der Waals surface area contributed by atoms with Crippen LogP contribution in [0.25, 0.3) is 0 Å². The van der Waals surface area contributed by atoms with Gasteiger partial charge in [-0.05, 0) is 49.1 Å². The molecular formula is C21H26N2O3S. The van der Waals surface area contributed by atoms with Gasteiger partial charge in [0.05, 0.1) is 4.90 Å². The van der Waals surface area contributed by atoms with Crippen LogP contribution in [-0.2, 0) is 16.6 Å². The molecule has 0 saturated carbocycles. The maximum atomic E-state index is 12.9. The Hall–Kier alpha value is -2.18. The number of rotatable bonds is 7. The molecule has 1 amide bonds. The van der Waals surface area contributed by atoms with Gasteiger partial charge in [0.15, 0.2) is 0 Å². The molecule has 0 unspecified atom stereocenters. The fraction of sp³-hybridized carbons (Fsp3) is 0.381. The third-order valence-electron chi connectivity index (χ3n) is 4.80. The van der Waals surface area contributed by atoms with E-state index in [4.69, 9.17) is 0 Å². The Morgan fingerprint density at radius 2 is 1.63 bits per heavy atom. The summed E-state index contributed by atoms with van der Waals surface area (Å²) in [7, 11) is -3.45. The number of carbonyl (C=O) groups is 1. The van der Waals surface area contributed by atoms with Gasteiger partial charge in [0.1, 0.15) is 0 Å². The Balaban J connectivity index is 1.77. The van der Waals surface area contributed by atoms with Gasteiger partial charge in [0.2, 0.25) is 10.0 Å². The van der Waals surface area contributed by atoms with Crippen LogP contribution in [0.5, 0.6) is 0 Å². The maximum absolute atomic E-state index is 12.9. The Kier molecular flexibility index (Phi) is 6.29. The molecule has 1 fully saturated rings. The van der Waals surface area contributed by atoms with Crippen LogP contribution in [0.1, 0.15) is 42.1 Å².